The van der Waals surface area contributed by atoms with Gasteiger partial charge in [-0.2, -0.15) is 0 Å². The molecule has 0 unspecified atom stereocenters. The van der Waals surface area contributed by atoms with Crippen LogP contribution in [-0.4, -0.2) is 12.5 Å². The Morgan fingerprint density at radius 3 is 3.22 bits per heavy atom. The van der Waals surface area contributed by atoms with Crippen molar-refractivity contribution in [2.75, 3.05) is 6.54 Å². The van der Waals surface area contributed by atoms with E-state index in [0.717, 1.165) is 13.0 Å². The second-order valence-electron chi connectivity index (χ2n) is 2.37. The third kappa shape index (κ3) is 1.88. The molecule has 0 fully saturated rings. The largest absolute Gasteiger partial charge is 0.352 e. The zero-order chi connectivity index (χ0) is 6.69. The average molecular weight is 125 g/mol. The molecule has 9 heavy (non-hydrogen) atoms. The molecule has 0 aromatic rings. The lowest BCUT2D eigenvalue weighted by Gasteiger charge is -1.97. The van der Waals surface area contributed by atoms with Gasteiger partial charge in [0.2, 0.25) is 5.91 Å². The molecule has 2 nitrogen and oxygen atoms in total. The third-order valence-electron chi connectivity index (χ3n) is 1.43. The van der Waals surface area contributed by atoms with Crippen LogP contribution in [0.4, 0.5) is 0 Å². The van der Waals surface area contributed by atoms with Crippen molar-refractivity contribution < 1.29 is 4.79 Å². The number of nitrogens with one attached hydrogen (secondary N) is 1. The molecule has 2 heteroatoms. The molecule has 1 N–H and O–H groups in total. The number of carbonyl (C=O) groups is 1. The molecule has 0 aromatic carbocycles. The molecule has 0 bridgehead atoms. The Kier molecular flexibility index (Phi) is 1.88. The highest BCUT2D eigenvalue weighted by molar-refractivity contribution is 5.76. The first-order valence-corrected chi connectivity index (χ1v) is 3.21. The van der Waals surface area contributed by atoms with Crippen LogP contribution in [0.1, 0.15) is 19.8 Å². The highest BCUT2D eigenvalue weighted by atomic mass is 16.1. The summed E-state index contributed by atoms with van der Waals surface area (Å²) in [6, 6.07) is 0. The van der Waals surface area contributed by atoms with E-state index < -0.39 is 0 Å². The van der Waals surface area contributed by atoms with E-state index in [9.17, 15) is 4.79 Å². The van der Waals surface area contributed by atoms with Crippen LogP contribution >= 0.6 is 0 Å². The second-order valence-corrected chi connectivity index (χ2v) is 2.37. The Morgan fingerprint density at radius 2 is 2.44 bits per heavy atom. The highest BCUT2D eigenvalue weighted by Crippen LogP contribution is 2.01. The number of hydrogen-bond donors (Lipinski definition) is 1. The molecule has 0 spiro atoms. The van der Waals surface area contributed by atoms with Crippen LogP contribution in [0.25, 0.3) is 0 Å². The van der Waals surface area contributed by atoms with E-state index in [1.165, 1.54) is 5.57 Å². The molecule has 1 rings (SSSR count). The maximum Gasteiger partial charge on any atom is 0.220 e. The maximum absolute atomic E-state index is 10.7. The molecule has 50 valence electrons. The first kappa shape index (κ1) is 6.33. The van der Waals surface area contributed by atoms with E-state index in [2.05, 4.69) is 11.4 Å². The second kappa shape index (κ2) is 2.67. The minimum atomic E-state index is 0.170. The molecule has 0 aromatic heterocycles. The molecule has 1 amide bonds. The van der Waals surface area contributed by atoms with Crippen LogP contribution in [-0.2, 0) is 4.79 Å². The van der Waals surface area contributed by atoms with E-state index in [1.807, 2.05) is 6.92 Å². The lowest BCUT2D eigenvalue weighted by atomic mass is 10.2. The van der Waals surface area contributed by atoms with Gasteiger partial charge >= 0.3 is 0 Å². The number of amides is 1. The van der Waals surface area contributed by atoms with Crippen molar-refractivity contribution in [2.24, 2.45) is 0 Å². The van der Waals surface area contributed by atoms with Crippen LogP contribution < -0.4 is 5.32 Å². The van der Waals surface area contributed by atoms with E-state index in [1.54, 1.807) is 0 Å². The minimum absolute atomic E-state index is 0.170. The molecule has 1 aliphatic heterocycles. The summed E-state index contributed by atoms with van der Waals surface area (Å²) in [4.78, 5) is 10.7. The topological polar surface area (TPSA) is 29.1 Å². The Balaban J connectivity index is 2.48. The Hall–Kier alpha value is -0.790. The van der Waals surface area contributed by atoms with E-state index >= 15 is 0 Å². The molecule has 0 saturated carbocycles. The number of rotatable bonds is 0. The minimum Gasteiger partial charge on any atom is -0.352 e. The maximum atomic E-state index is 10.7. The molecule has 0 atom stereocenters. The molecule has 0 saturated heterocycles. The Bertz CT molecular complexity index is 149. The van der Waals surface area contributed by atoms with Gasteiger partial charge < -0.3 is 5.32 Å². The van der Waals surface area contributed by atoms with E-state index in [4.69, 9.17) is 0 Å². The van der Waals surface area contributed by atoms with E-state index in [-0.39, 0.29) is 5.91 Å². The molecule has 0 radical (unpaired) electrons. The Labute approximate surface area is 54.9 Å². The van der Waals surface area contributed by atoms with Crippen molar-refractivity contribution >= 4 is 5.91 Å². The molecule has 1 heterocycles. The van der Waals surface area contributed by atoms with Gasteiger partial charge in [0.1, 0.15) is 0 Å². The summed E-state index contributed by atoms with van der Waals surface area (Å²) in [5, 5.41) is 2.79. The third-order valence-corrected chi connectivity index (χ3v) is 1.43. The highest BCUT2D eigenvalue weighted by Gasteiger charge is 2.02. The first-order valence-electron chi connectivity index (χ1n) is 3.21. The number of carbonyl (C=O) groups excluding carboxylic acids is 1. The monoisotopic (exact) mass is 125 g/mol. The summed E-state index contributed by atoms with van der Waals surface area (Å²) in [5.41, 5.74) is 1.26. The van der Waals surface area contributed by atoms with Gasteiger partial charge in [-0.25, -0.2) is 0 Å². The molecular formula is C7H11NO. The summed E-state index contributed by atoms with van der Waals surface area (Å²) in [7, 11) is 0. The fraction of sp³-hybridized carbons (Fsp3) is 0.571. The fourth-order valence-corrected chi connectivity index (χ4v) is 0.848. The zero-order valence-corrected chi connectivity index (χ0v) is 5.61. The predicted octanol–water partition coefficient (Wildman–Crippen LogP) is 0.843. The van der Waals surface area contributed by atoms with Crippen LogP contribution in [0.15, 0.2) is 11.6 Å². The summed E-state index contributed by atoms with van der Waals surface area (Å²) < 4.78 is 0. The summed E-state index contributed by atoms with van der Waals surface area (Å²) in [6.45, 7) is 2.77. The molecular weight excluding hydrogens is 114 g/mol. The quantitative estimate of drug-likeness (QED) is 0.477. The van der Waals surface area contributed by atoms with Gasteiger partial charge in [0, 0.05) is 13.0 Å². The van der Waals surface area contributed by atoms with Gasteiger partial charge in [0.05, 0.1) is 0 Å². The smallest absolute Gasteiger partial charge is 0.220 e. The van der Waals surface area contributed by atoms with Gasteiger partial charge in [-0.1, -0.05) is 11.6 Å². The van der Waals surface area contributed by atoms with Crippen LogP contribution in [0, 0.1) is 0 Å². The SMILES string of the molecule is CC1=CCCC(=O)NC1. The fourth-order valence-electron chi connectivity index (χ4n) is 0.848. The van der Waals surface area contributed by atoms with Crippen molar-refractivity contribution in [2.45, 2.75) is 19.8 Å². The zero-order valence-electron chi connectivity index (χ0n) is 5.61. The summed E-state index contributed by atoms with van der Waals surface area (Å²) in [6.07, 6.45) is 3.66. The van der Waals surface area contributed by atoms with E-state index in [0.29, 0.717) is 6.42 Å². The van der Waals surface area contributed by atoms with Crippen molar-refractivity contribution in [3.63, 3.8) is 0 Å². The molecule has 0 aliphatic carbocycles. The van der Waals surface area contributed by atoms with Crippen molar-refractivity contribution in [3.05, 3.63) is 11.6 Å². The standard InChI is InChI=1S/C7H11NO/c1-6-3-2-4-7(9)8-5-6/h3H,2,4-5H2,1H3,(H,8,9). The van der Waals surface area contributed by atoms with Crippen LogP contribution in [0.3, 0.4) is 0 Å². The van der Waals surface area contributed by atoms with Gasteiger partial charge in [-0.15, -0.1) is 0 Å². The van der Waals surface area contributed by atoms with Crippen LogP contribution in [0.5, 0.6) is 0 Å². The predicted molar refractivity (Wildman–Crippen MR) is 36.0 cm³/mol. The summed E-state index contributed by atoms with van der Waals surface area (Å²) in [5.74, 6) is 0.170. The van der Waals surface area contributed by atoms with Gasteiger partial charge in [-0.05, 0) is 13.3 Å². The van der Waals surface area contributed by atoms with Crippen molar-refractivity contribution in [3.8, 4) is 0 Å². The van der Waals surface area contributed by atoms with Gasteiger partial charge in [0.15, 0.2) is 0 Å². The first-order chi connectivity index (χ1) is 4.29. The summed E-state index contributed by atoms with van der Waals surface area (Å²) >= 11 is 0. The normalized spacial score (nSPS) is 20.1. The van der Waals surface area contributed by atoms with Gasteiger partial charge in [0.25, 0.3) is 0 Å². The molecule has 1 aliphatic rings. The lowest BCUT2D eigenvalue weighted by Crippen LogP contribution is -2.22. The number of hydrogen-bond acceptors (Lipinski definition) is 1. The van der Waals surface area contributed by atoms with Gasteiger partial charge in [-0.3, -0.25) is 4.79 Å². The Morgan fingerprint density at radius 1 is 1.67 bits per heavy atom. The number of allylic oxidation sites excluding steroid dienone is 1. The van der Waals surface area contributed by atoms with Crippen molar-refractivity contribution in [1.82, 2.24) is 5.32 Å². The van der Waals surface area contributed by atoms with Crippen molar-refractivity contribution in [1.29, 1.82) is 0 Å². The lowest BCUT2D eigenvalue weighted by molar-refractivity contribution is -0.120. The van der Waals surface area contributed by atoms with Crippen LogP contribution in [0.2, 0.25) is 0 Å². The average Bonchev–Trinajstić information content (AvgIpc) is 1.97.